The first-order chi connectivity index (χ1) is 30.8. The van der Waals surface area contributed by atoms with Crippen LogP contribution in [0.4, 0.5) is 0 Å². The quantitative estimate of drug-likeness (QED) is 0.0710. The van der Waals surface area contributed by atoms with Crippen molar-refractivity contribution in [1.29, 1.82) is 0 Å². The van der Waals surface area contributed by atoms with Gasteiger partial charge in [0.25, 0.3) is 5.91 Å². The number of nitrogens with zero attached hydrogens (tertiary/aromatic N) is 3. The Bertz CT molecular complexity index is 2020. The smallest absolute Gasteiger partial charge is 0.404 e. The van der Waals surface area contributed by atoms with Crippen LogP contribution >= 0.6 is 0 Å². The summed E-state index contributed by atoms with van der Waals surface area (Å²) < 4.78 is 19.9. The SMILES string of the molecule is CCCCCCc1ccc(-c2ccc(C(=O)N[C@@H](CCCN)C(=O)N[C@H](C(=O)N[C@@H](C)C(=O)N[C@H]3Cc4cn(nn4)CCOC4C[C@@H]5OB(O[C@@H]5C4)[C@H](C)NC3=O)[C@@H](C)O)cc2)cc1. The predicted octanol–water partition coefficient (Wildman–Crippen LogP) is 1.51. The Hall–Kier alpha value is -5.21. The zero-order valence-corrected chi connectivity index (χ0v) is 37.3. The van der Waals surface area contributed by atoms with E-state index >= 15 is 0 Å². The molecule has 1 aromatic heterocycles. The van der Waals surface area contributed by atoms with E-state index in [1.54, 1.807) is 29.9 Å². The van der Waals surface area contributed by atoms with E-state index in [2.05, 4.69) is 68.1 Å². The summed E-state index contributed by atoms with van der Waals surface area (Å²) in [7, 11) is -0.691. The van der Waals surface area contributed by atoms with Crippen molar-refractivity contribution in [1.82, 2.24) is 41.6 Å². The number of aromatic nitrogens is 3. The van der Waals surface area contributed by atoms with Gasteiger partial charge in [0.15, 0.2) is 0 Å². The molecule has 5 amide bonds. The fourth-order valence-electron chi connectivity index (χ4n) is 8.21. The Morgan fingerprint density at radius 3 is 2.27 bits per heavy atom. The number of fused-ring (bicyclic) bond motifs is 6. The van der Waals surface area contributed by atoms with Crippen molar-refractivity contribution < 1.29 is 43.1 Å². The van der Waals surface area contributed by atoms with Gasteiger partial charge in [-0.05, 0) is 81.8 Å². The van der Waals surface area contributed by atoms with Crippen LogP contribution in [0.5, 0.6) is 0 Å². The number of carbonyl (C=O) groups excluding carboxylic acids is 5. The molecule has 4 heterocycles. The Balaban J connectivity index is 1.05. The molecule has 4 aliphatic rings. The number of hydrogen-bond acceptors (Lipinski definition) is 12. The third-order valence-electron chi connectivity index (χ3n) is 12.0. The molecule has 0 spiro atoms. The molecule has 1 saturated carbocycles. The average Bonchev–Trinajstić information content (AvgIpc) is 4.01. The predicted molar refractivity (Wildman–Crippen MR) is 238 cm³/mol. The fourth-order valence-corrected chi connectivity index (χ4v) is 8.21. The first-order valence-corrected chi connectivity index (χ1v) is 22.7. The highest BCUT2D eigenvalue weighted by Gasteiger charge is 2.49. The number of aliphatic hydroxyl groups is 1. The van der Waals surface area contributed by atoms with Gasteiger partial charge in [-0.1, -0.05) is 67.8 Å². The number of ether oxygens (including phenoxy) is 1. The van der Waals surface area contributed by atoms with Crippen molar-refractivity contribution in [2.45, 2.75) is 153 Å². The molecule has 2 fully saturated rings. The maximum Gasteiger partial charge on any atom is 0.481 e. The van der Waals surface area contributed by atoms with Crippen molar-refractivity contribution >= 4 is 36.7 Å². The second kappa shape index (κ2) is 23.1. The second-order valence-electron chi connectivity index (χ2n) is 17.2. The van der Waals surface area contributed by atoms with E-state index < -0.39 is 72.9 Å². The van der Waals surface area contributed by atoms with Crippen molar-refractivity contribution in [2.24, 2.45) is 5.73 Å². The minimum absolute atomic E-state index is 0.00858. The van der Waals surface area contributed by atoms with Crippen LogP contribution in [-0.2, 0) is 52.6 Å². The number of benzene rings is 2. The molecular weight excluding hydrogens is 821 g/mol. The second-order valence-corrected chi connectivity index (χ2v) is 17.2. The van der Waals surface area contributed by atoms with Gasteiger partial charge < -0.3 is 51.5 Å². The lowest BCUT2D eigenvalue weighted by atomic mass is 9.79. The third-order valence-corrected chi connectivity index (χ3v) is 12.0. The number of nitrogens with one attached hydrogen (secondary N) is 5. The summed E-state index contributed by atoms with van der Waals surface area (Å²) in [5.74, 6) is -3.89. The van der Waals surface area contributed by atoms with Crippen molar-refractivity contribution in [3.63, 3.8) is 0 Å². The Morgan fingerprint density at radius 1 is 0.922 bits per heavy atom. The van der Waals surface area contributed by atoms with Crippen LogP contribution in [-0.4, -0.2) is 124 Å². The van der Waals surface area contributed by atoms with E-state index in [1.807, 2.05) is 12.1 Å². The normalized spacial score (nSPS) is 22.8. The van der Waals surface area contributed by atoms with Crippen LogP contribution in [0.3, 0.4) is 0 Å². The van der Waals surface area contributed by atoms with Gasteiger partial charge >= 0.3 is 7.12 Å². The molecule has 2 aromatic carbocycles. The van der Waals surface area contributed by atoms with E-state index in [4.69, 9.17) is 19.8 Å². The van der Waals surface area contributed by atoms with Crippen LogP contribution in [0, 0.1) is 0 Å². The first kappa shape index (κ1) is 48.3. The molecule has 8 N–H and O–H groups in total. The molecule has 3 aromatic rings. The van der Waals surface area contributed by atoms with E-state index in [0.717, 1.165) is 24.0 Å². The highest BCUT2D eigenvalue weighted by Crippen LogP contribution is 2.34. The van der Waals surface area contributed by atoms with Crippen LogP contribution in [0.15, 0.2) is 54.7 Å². The Kier molecular flexibility index (Phi) is 17.4. The van der Waals surface area contributed by atoms with E-state index in [-0.39, 0.29) is 37.7 Å². The summed E-state index contributed by atoms with van der Waals surface area (Å²) in [5.41, 5.74) is 9.78. The lowest BCUT2D eigenvalue weighted by Crippen LogP contribution is -2.60. The number of nitrogens with two attached hydrogens (primary N) is 1. The number of carbonyl (C=O) groups is 5. The van der Waals surface area contributed by atoms with Gasteiger partial charge in [0.05, 0.1) is 49.2 Å². The summed E-state index contributed by atoms with van der Waals surface area (Å²) in [6, 6.07) is 10.5. The maximum atomic E-state index is 13.7. The lowest BCUT2D eigenvalue weighted by molar-refractivity contribution is -0.135. The zero-order chi connectivity index (χ0) is 45.8. The standard InChI is InChI=1S/C45H64BN9O9/c1-5-6-7-8-10-30-12-14-31(15-13-30)32-16-18-33(19-17-32)42(58)50-36(11-9-20-47)43(59)52-40(28(3)56)45(61)48-27(2)41(57)51-37-23-34-26-55(54-53-34)21-22-62-35-24-38-39(25-35)64-46(63-38)29(4)49-44(37)60/h12-19,26-29,35-40,56H,5-11,20-25,47H2,1-4H3,(H,48,61)(H,49,60)(H,50,58)(H,51,57)(H,52,59)/t27-,28+,29-,35?,36-,37-,38-,39+,40-/m0/s1. The largest absolute Gasteiger partial charge is 0.481 e. The molecule has 19 heteroatoms. The third kappa shape index (κ3) is 13.2. The summed E-state index contributed by atoms with van der Waals surface area (Å²) in [6.07, 6.45) is 7.68. The number of unbranched alkanes of at least 4 members (excludes halogenated alkanes) is 3. The van der Waals surface area contributed by atoms with Gasteiger partial charge in [-0.3, -0.25) is 24.0 Å². The summed E-state index contributed by atoms with van der Waals surface area (Å²) >= 11 is 0. The van der Waals surface area contributed by atoms with Crippen molar-refractivity contribution in [2.75, 3.05) is 13.2 Å². The van der Waals surface area contributed by atoms with Gasteiger partial charge in [-0.25, -0.2) is 4.68 Å². The first-order valence-electron chi connectivity index (χ1n) is 22.7. The number of amides is 5. The molecule has 1 aliphatic carbocycles. The molecule has 18 nitrogen and oxygen atoms in total. The molecular formula is C45H64BN9O9. The molecule has 3 aliphatic heterocycles. The van der Waals surface area contributed by atoms with E-state index in [0.29, 0.717) is 43.7 Å². The molecule has 7 rings (SSSR count). The Labute approximate surface area is 375 Å². The summed E-state index contributed by atoms with van der Waals surface area (Å²) in [5, 5.41) is 32.4. The monoisotopic (exact) mass is 885 g/mol. The summed E-state index contributed by atoms with van der Waals surface area (Å²) in [4.78, 5) is 68.0. The number of hydrogen-bond donors (Lipinski definition) is 7. The van der Waals surface area contributed by atoms with Gasteiger partial charge in [0.1, 0.15) is 24.2 Å². The lowest BCUT2D eigenvalue weighted by Gasteiger charge is -2.27. The molecule has 9 atom stereocenters. The minimum atomic E-state index is -1.51. The zero-order valence-electron chi connectivity index (χ0n) is 37.3. The van der Waals surface area contributed by atoms with Crippen LogP contribution < -0.4 is 32.3 Å². The number of aryl methyl sites for hydroxylation is 1. The van der Waals surface area contributed by atoms with E-state index in [9.17, 15) is 29.1 Å². The average molecular weight is 886 g/mol. The van der Waals surface area contributed by atoms with E-state index in [1.165, 1.54) is 38.7 Å². The molecule has 64 heavy (non-hydrogen) atoms. The van der Waals surface area contributed by atoms with Crippen LogP contribution in [0.25, 0.3) is 11.1 Å². The van der Waals surface area contributed by atoms with Crippen molar-refractivity contribution in [3.05, 3.63) is 71.5 Å². The molecule has 346 valence electrons. The Morgan fingerprint density at radius 2 is 1.61 bits per heavy atom. The molecule has 0 radical (unpaired) electrons. The van der Waals surface area contributed by atoms with Gasteiger partial charge in [0, 0.05) is 31.0 Å². The highest BCUT2D eigenvalue weighted by molar-refractivity contribution is 6.47. The molecule has 1 unspecified atom stereocenters. The fraction of sp³-hybridized carbons (Fsp3) is 0.578. The highest BCUT2D eigenvalue weighted by atomic mass is 16.7. The number of aliphatic hydroxyl groups excluding tert-OH is 1. The maximum absolute atomic E-state index is 13.7. The topological polar surface area (TPSA) is 250 Å². The molecule has 1 saturated heterocycles. The minimum Gasteiger partial charge on any atom is -0.404 e. The van der Waals surface area contributed by atoms with Crippen molar-refractivity contribution in [3.8, 4) is 11.1 Å². The van der Waals surface area contributed by atoms with Crippen LogP contribution in [0.2, 0.25) is 0 Å². The summed E-state index contributed by atoms with van der Waals surface area (Å²) in [6.45, 7) is 7.74. The molecule has 6 bridgehead atoms. The van der Waals surface area contributed by atoms with Gasteiger partial charge in [-0.15, -0.1) is 5.10 Å². The van der Waals surface area contributed by atoms with Crippen LogP contribution in [0.1, 0.15) is 101 Å². The number of rotatable bonds is 18. The van der Waals surface area contributed by atoms with Gasteiger partial charge in [0.2, 0.25) is 23.6 Å². The van der Waals surface area contributed by atoms with Gasteiger partial charge in [-0.2, -0.15) is 0 Å².